The molecule has 2 aliphatic rings. The van der Waals surface area contributed by atoms with Crippen molar-refractivity contribution in [2.24, 2.45) is 11.8 Å². The van der Waals surface area contributed by atoms with Gasteiger partial charge in [-0.3, -0.25) is 14.7 Å². The number of aromatic nitrogens is 1. The third kappa shape index (κ3) is 5.27. The molecular weight excluding hydrogens is 310 g/mol. The first-order valence-corrected chi connectivity index (χ1v) is 10.0. The minimum Gasteiger partial charge on any atom is -0.339 e. The minimum atomic E-state index is 0.369. The Morgan fingerprint density at radius 3 is 2.72 bits per heavy atom. The number of carbonyl (C=O) groups excluding carboxylic acids is 1. The Labute approximate surface area is 152 Å². The van der Waals surface area contributed by atoms with Crippen molar-refractivity contribution >= 4 is 5.91 Å². The highest BCUT2D eigenvalue weighted by Gasteiger charge is 2.35. The van der Waals surface area contributed by atoms with Gasteiger partial charge in [-0.2, -0.15) is 0 Å². The molecule has 25 heavy (non-hydrogen) atoms. The van der Waals surface area contributed by atoms with Gasteiger partial charge in [0.1, 0.15) is 0 Å². The molecule has 1 aromatic rings. The molecule has 138 valence electrons. The lowest BCUT2D eigenvalue weighted by Crippen LogP contribution is -2.61. The fourth-order valence-electron chi connectivity index (χ4n) is 4.21. The number of pyridine rings is 1. The molecule has 0 radical (unpaired) electrons. The van der Waals surface area contributed by atoms with E-state index in [0.29, 0.717) is 17.9 Å². The summed E-state index contributed by atoms with van der Waals surface area (Å²) >= 11 is 0. The summed E-state index contributed by atoms with van der Waals surface area (Å²) in [6, 6.07) is 4.64. The van der Waals surface area contributed by atoms with Crippen LogP contribution in [0.15, 0.2) is 24.5 Å². The molecule has 2 heterocycles. The number of likely N-dealkylation sites (tertiary alicyclic amines) is 1. The van der Waals surface area contributed by atoms with Crippen LogP contribution in [0.3, 0.4) is 0 Å². The van der Waals surface area contributed by atoms with Crippen LogP contribution in [-0.4, -0.2) is 46.4 Å². The second-order valence-electron chi connectivity index (χ2n) is 8.33. The van der Waals surface area contributed by atoms with Crippen LogP contribution in [0.2, 0.25) is 0 Å². The molecule has 1 saturated carbocycles. The molecule has 2 fully saturated rings. The van der Waals surface area contributed by atoms with Crippen molar-refractivity contribution in [2.75, 3.05) is 19.6 Å². The lowest BCUT2D eigenvalue weighted by molar-refractivity contribution is -0.139. The van der Waals surface area contributed by atoms with Crippen LogP contribution in [0.1, 0.15) is 57.9 Å². The first-order chi connectivity index (χ1) is 12.1. The van der Waals surface area contributed by atoms with Gasteiger partial charge in [0.2, 0.25) is 5.91 Å². The maximum Gasteiger partial charge on any atom is 0.222 e. The van der Waals surface area contributed by atoms with E-state index in [1.807, 2.05) is 18.5 Å². The van der Waals surface area contributed by atoms with Gasteiger partial charge in [0.25, 0.3) is 0 Å². The summed E-state index contributed by atoms with van der Waals surface area (Å²) in [6.07, 6.45) is 11.0. The molecular formula is C21H33N3O. The van der Waals surface area contributed by atoms with Gasteiger partial charge in [0.05, 0.1) is 0 Å². The summed E-state index contributed by atoms with van der Waals surface area (Å²) < 4.78 is 0. The molecule has 1 saturated heterocycles. The number of carbonyl (C=O) groups is 1. The molecule has 0 spiro atoms. The normalized spacial score (nSPS) is 19.0. The molecule has 0 aromatic carbocycles. The van der Waals surface area contributed by atoms with Gasteiger partial charge in [-0.15, -0.1) is 0 Å². The number of hydrogen-bond donors (Lipinski definition) is 0. The lowest BCUT2D eigenvalue weighted by Gasteiger charge is -2.46. The highest BCUT2D eigenvalue weighted by atomic mass is 16.2. The van der Waals surface area contributed by atoms with Gasteiger partial charge >= 0.3 is 0 Å². The predicted octanol–water partition coefficient (Wildman–Crippen LogP) is 3.72. The predicted molar refractivity (Wildman–Crippen MR) is 101 cm³/mol. The van der Waals surface area contributed by atoms with Crippen molar-refractivity contribution in [3.8, 4) is 0 Å². The number of amides is 1. The molecule has 3 rings (SSSR count). The van der Waals surface area contributed by atoms with Crippen molar-refractivity contribution in [3.05, 3.63) is 30.1 Å². The summed E-state index contributed by atoms with van der Waals surface area (Å²) in [7, 11) is 0. The molecule has 0 N–H and O–H groups in total. The van der Waals surface area contributed by atoms with Crippen molar-refractivity contribution < 1.29 is 4.79 Å². The van der Waals surface area contributed by atoms with E-state index < -0.39 is 0 Å². The molecule has 0 bridgehead atoms. The third-order valence-corrected chi connectivity index (χ3v) is 5.68. The molecule has 1 aliphatic carbocycles. The monoisotopic (exact) mass is 343 g/mol. The molecule has 4 heteroatoms. The average Bonchev–Trinajstić information content (AvgIpc) is 3.05. The number of rotatable bonds is 8. The zero-order valence-electron chi connectivity index (χ0n) is 15.9. The van der Waals surface area contributed by atoms with E-state index in [9.17, 15) is 4.79 Å². The first-order valence-electron chi connectivity index (χ1n) is 10.0. The SMILES string of the molecule is CC(C)CN(Cc1cccnc1)C1CN(C(=O)CCC2CCCC2)C1. The minimum absolute atomic E-state index is 0.369. The first kappa shape index (κ1) is 18.4. The molecule has 4 nitrogen and oxygen atoms in total. The van der Waals surface area contributed by atoms with E-state index >= 15 is 0 Å². The van der Waals surface area contributed by atoms with Gasteiger partial charge in [0, 0.05) is 51.0 Å². The van der Waals surface area contributed by atoms with Crippen LogP contribution in [0.25, 0.3) is 0 Å². The second-order valence-corrected chi connectivity index (χ2v) is 8.33. The molecule has 1 aliphatic heterocycles. The summed E-state index contributed by atoms with van der Waals surface area (Å²) in [5.74, 6) is 1.81. The molecule has 1 amide bonds. The maximum absolute atomic E-state index is 12.4. The fraction of sp³-hybridized carbons (Fsp3) is 0.714. The van der Waals surface area contributed by atoms with Crippen LogP contribution >= 0.6 is 0 Å². The Morgan fingerprint density at radius 2 is 2.08 bits per heavy atom. The van der Waals surface area contributed by atoms with Crippen LogP contribution in [0.5, 0.6) is 0 Å². The van der Waals surface area contributed by atoms with Crippen molar-refractivity contribution in [3.63, 3.8) is 0 Å². The van der Waals surface area contributed by atoms with E-state index in [1.54, 1.807) is 0 Å². The Morgan fingerprint density at radius 1 is 1.32 bits per heavy atom. The fourth-order valence-corrected chi connectivity index (χ4v) is 4.21. The highest BCUT2D eigenvalue weighted by molar-refractivity contribution is 5.77. The standard InChI is InChI=1S/C21H33N3O/c1-17(2)13-23(14-19-8-5-11-22-12-19)20-15-24(16-20)21(25)10-9-18-6-3-4-7-18/h5,8,11-12,17-18,20H,3-4,6-7,9-10,13-16H2,1-2H3. The van der Waals surface area contributed by atoms with E-state index in [4.69, 9.17) is 0 Å². The smallest absolute Gasteiger partial charge is 0.222 e. The Balaban J connectivity index is 1.46. The van der Waals surface area contributed by atoms with E-state index in [-0.39, 0.29) is 0 Å². The average molecular weight is 344 g/mol. The van der Waals surface area contributed by atoms with E-state index in [0.717, 1.165) is 44.9 Å². The summed E-state index contributed by atoms with van der Waals surface area (Å²) in [5.41, 5.74) is 1.26. The molecule has 1 aromatic heterocycles. The van der Waals surface area contributed by atoms with Crippen LogP contribution in [0, 0.1) is 11.8 Å². The molecule has 0 unspecified atom stereocenters. The van der Waals surface area contributed by atoms with Crippen LogP contribution in [-0.2, 0) is 11.3 Å². The van der Waals surface area contributed by atoms with Crippen LogP contribution < -0.4 is 0 Å². The quantitative estimate of drug-likeness (QED) is 0.722. The van der Waals surface area contributed by atoms with Gasteiger partial charge in [-0.25, -0.2) is 0 Å². The summed E-state index contributed by atoms with van der Waals surface area (Å²) in [6.45, 7) is 8.33. The Kier molecular flexibility index (Phi) is 6.46. The summed E-state index contributed by atoms with van der Waals surface area (Å²) in [5, 5.41) is 0. The summed E-state index contributed by atoms with van der Waals surface area (Å²) in [4.78, 5) is 21.3. The number of hydrogen-bond acceptors (Lipinski definition) is 3. The van der Waals surface area contributed by atoms with Gasteiger partial charge in [-0.1, -0.05) is 45.6 Å². The van der Waals surface area contributed by atoms with Crippen molar-refractivity contribution in [2.45, 2.75) is 65.0 Å². The van der Waals surface area contributed by atoms with Crippen LogP contribution in [0.4, 0.5) is 0 Å². The van der Waals surface area contributed by atoms with Gasteiger partial charge in [0.15, 0.2) is 0 Å². The van der Waals surface area contributed by atoms with E-state index in [2.05, 4.69) is 34.7 Å². The zero-order chi connectivity index (χ0) is 17.6. The van der Waals surface area contributed by atoms with Crippen molar-refractivity contribution in [1.29, 1.82) is 0 Å². The molecule has 0 atom stereocenters. The third-order valence-electron chi connectivity index (χ3n) is 5.68. The lowest BCUT2D eigenvalue weighted by atomic mass is 9.99. The zero-order valence-corrected chi connectivity index (χ0v) is 15.9. The van der Waals surface area contributed by atoms with Crippen molar-refractivity contribution in [1.82, 2.24) is 14.8 Å². The second kappa shape index (κ2) is 8.79. The van der Waals surface area contributed by atoms with Gasteiger partial charge < -0.3 is 4.90 Å². The topological polar surface area (TPSA) is 36.4 Å². The van der Waals surface area contributed by atoms with Gasteiger partial charge in [-0.05, 0) is 29.9 Å². The highest BCUT2D eigenvalue weighted by Crippen LogP contribution is 2.29. The van der Waals surface area contributed by atoms with E-state index in [1.165, 1.54) is 31.2 Å². The largest absolute Gasteiger partial charge is 0.339 e. The number of nitrogens with zero attached hydrogens (tertiary/aromatic N) is 3. The maximum atomic E-state index is 12.4. The Bertz CT molecular complexity index is 533. The Hall–Kier alpha value is -1.42.